The molecule has 0 saturated heterocycles. The zero-order valence-corrected chi connectivity index (χ0v) is 10.2. The molecule has 0 N–H and O–H groups in total. The van der Waals surface area contributed by atoms with Gasteiger partial charge in [0, 0.05) is 4.47 Å². The minimum atomic E-state index is -0.616. The molecule has 0 aliphatic carbocycles. The van der Waals surface area contributed by atoms with Crippen molar-refractivity contribution in [3.8, 4) is 0 Å². The fourth-order valence-electron chi connectivity index (χ4n) is 1.21. The molecule has 0 aromatic heterocycles. The van der Waals surface area contributed by atoms with E-state index in [1.54, 1.807) is 6.92 Å². The lowest BCUT2D eigenvalue weighted by atomic mass is 10.1. The van der Waals surface area contributed by atoms with Crippen LogP contribution in [0.2, 0.25) is 0 Å². The van der Waals surface area contributed by atoms with Crippen LogP contribution in [0.1, 0.15) is 22.8 Å². The smallest absolute Gasteiger partial charge is 0.310 e. The summed E-state index contributed by atoms with van der Waals surface area (Å²) in [6.07, 6.45) is 0.423. The maximum absolute atomic E-state index is 13.1. The molecule has 1 aromatic carbocycles. The van der Waals surface area contributed by atoms with Crippen LogP contribution in [0.4, 0.5) is 4.39 Å². The zero-order valence-electron chi connectivity index (χ0n) is 8.63. The van der Waals surface area contributed by atoms with Crippen LogP contribution in [0.15, 0.2) is 16.6 Å². The third-order valence-corrected chi connectivity index (χ3v) is 2.67. The summed E-state index contributed by atoms with van der Waals surface area (Å²) in [4.78, 5) is 21.8. The first-order chi connectivity index (χ1) is 7.58. The summed E-state index contributed by atoms with van der Waals surface area (Å²) in [7, 11) is 0. The lowest BCUT2D eigenvalue weighted by Crippen LogP contribution is -2.08. The SMILES string of the molecule is CCOC(=O)Cc1cc(C=O)c(F)cc1Br. The van der Waals surface area contributed by atoms with Gasteiger partial charge in [-0.3, -0.25) is 9.59 Å². The third kappa shape index (κ3) is 3.13. The first kappa shape index (κ1) is 12.8. The molecule has 0 fully saturated rings. The van der Waals surface area contributed by atoms with Gasteiger partial charge >= 0.3 is 5.97 Å². The van der Waals surface area contributed by atoms with E-state index in [4.69, 9.17) is 4.74 Å². The molecule has 16 heavy (non-hydrogen) atoms. The molecule has 5 heteroatoms. The highest BCUT2D eigenvalue weighted by atomic mass is 79.9. The van der Waals surface area contributed by atoms with Crippen LogP contribution < -0.4 is 0 Å². The highest BCUT2D eigenvalue weighted by molar-refractivity contribution is 9.10. The van der Waals surface area contributed by atoms with E-state index in [2.05, 4.69) is 15.9 Å². The van der Waals surface area contributed by atoms with Crippen LogP contribution in [0.25, 0.3) is 0 Å². The standard InChI is InChI=1S/C11H10BrFO3/c1-2-16-11(15)4-7-3-8(6-14)10(13)5-9(7)12/h3,5-6H,2,4H2,1H3. The molecule has 0 atom stereocenters. The van der Waals surface area contributed by atoms with Gasteiger partial charge in [-0.15, -0.1) is 0 Å². The normalized spacial score (nSPS) is 9.94. The Labute approximate surface area is 101 Å². The van der Waals surface area contributed by atoms with Crippen molar-refractivity contribution in [2.24, 2.45) is 0 Å². The quantitative estimate of drug-likeness (QED) is 0.632. The number of esters is 1. The van der Waals surface area contributed by atoms with Crippen molar-refractivity contribution in [1.29, 1.82) is 0 Å². The van der Waals surface area contributed by atoms with Crippen LogP contribution in [0.3, 0.4) is 0 Å². The Morgan fingerprint density at radius 1 is 1.56 bits per heavy atom. The van der Waals surface area contributed by atoms with Crippen molar-refractivity contribution in [3.63, 3.8) is 0 Å². The largest absolute Gasteiger partial charge is 0.466 e. The van der Waals surface area contributed by atoms with E-state index in [0.29, 0.717) is 16.3 Å². The van der Waals surface area contributed by atoms with Crippen LogP contribution >= 0.6 is 15.9 Å². The molecule has 0 aliphatic rings. The second kappa shape index (κ2) is 5.75. The minimum Gasteiger partial charge on any atom is -0.466 e. The fraction of sp³-hybridized carbons (Fsp3) is 0.273. The maximum atomic E-state index is 13.1. The Hall–Kier alpha value is -1.23. The van der Waals surface area contributed by atoms with Crippen molar-refractivity contribution in [1.82, 2.24) is 0 Å². The van der Waals surface area contributed by atoms with Crippen LogP contribution in [0.5, 0.6) is 0 Å². The molecule has 3 nitrogen and oxygen atoms in total. The molecule has 0 aliphatic heterocycles. The number of halogens is 2. The van der Waals surface area contributed by atoms with Gasteiger partial charge in [-0.2, -0.15) is 0 Å². The molecule has 0 bridgehead atoms. The van der Waals surface area contributed by atoms with Gasteiger partial charge in [0.2, 0.25) is 0 Å². The van der Waals surface area contributed by atoms with Crippen LogP contribution in [-0.4, -0.2) is 18.9 Å². The van der Waals surface area contributed by atoms with Crippen molar-refractivity contribution in [2.45, 2.75) is 13.3 Å². The van der Waals surface area contributed by atoms with E-state index in [-0.39, 0.29) is 18.6 Å². The number of carbonyl (C=O) groups is 2. The number of rotatable bonds is 4. The van der Waals surface area contributed by atoms with E-state index in [1.165, 1.54) is 6.07 Å². The Bertz CT molecular complexity index is 418. The van der Waals surface area contributed by atoms with Gasteiger partial charge in [0.25, 0.3) is 0 Å². The van der Waals surface area contributed by atoms with Crippen molar-refractivity contribution in [3.05, 3.63) is 33.5 Å². The number of benzene rings is 1. The number of aldehydes is 1. The Balaban J connectivity index is 2.95. The Morgan fingerprint density at radius 3 is 2.81 bits per heavy atom. The average Bonchev–Trinajstić information content (AvgIpc) is 2.22. The van der Waals surface area contributed by atoms with Crippen molar-refractivity contribution < 1.29 is 18.7 Å². The average molecular weight is 289 g/mol. The maximum Gasteiger partial charge on any atom is 0.310 e. The Morgan fingerprint density at radius 2 is 2.25 bits per heavy atom. The minimum absolute atomic E-state index is 0.00947. The molecule has 1 aromatic rings. The van der Waals surface area contributed by atoms with Crippen LogP contribution in [0, 0.1) is 5.82 Å². The number of hydrogen-bond acceptors (Lipinski definition) is 3. The summed E-state index contributed by atoms with van der Waals surface area (Å²) in [5.41, 5.74) is 0.462. The monoisotopic (exact) mass is 288 g/mol. The summed E-state index contributed by atoms with van der Waals surface area (Å²) in [6.45, 7) is 1.99. The van der Waals surface area contributed by atoms with Crippen molar-refractivity contribution >= 4 is 28.2 Å². The molecule has 1 rings (SSSR count). The van der Waals surface area contributed by atoms with Gasteiger partial charge in [0.05, 0.1) is 18.6 Å². The number of ether oxygens (including phenoxy) is 1. The summed E-state index contributed by atoms with van der Waals surface area (Å²) >= 11 is 3.13. The summed E-state index contributed by atoms with van der Waals surface area (Å²) in [5, 5.41) is 0. The number of carbonyl (C=O) groups excluding carboxylic acids is 2. The fourth-order valence-corrected chi connectivity index (χ4v) is 1.66. The molecule has 0 radical (unpaired) electrons. The molecule has 0 amide bonds. The Kier molecular flexibility index (Phi) is 4.61. The predicted molar refractivity (Wildman–Crippen MR) is 59.8 cm³/mol. The molecular weight excluding hydrogens is 279 g/mol. The summed E-state index contributed by atoms with van der Waals surface area (Å²) in [5.74, 6) is -1.03. The van der Waals surface area contributed by atoms with E-state index in [0.717, 1.165) is 6.07 Å². The second-order valence-corrected chi connectivity index (χ2v) is 3.92. The van der Waals surface area contributed by atoms with Gasteiger partial charge in [-0.1, -0.05) is 15.9 Å². The van der Waals surface area contributed by atoms with E-state index < -0.39 is 11.8 Å². The first-order valence-electron chi connectivity index (χ1n) is 4.67. The highest BCUT2D eigenvalue weighted by Crippen LogP contribution is 2.21. The molecule has 0 unspecified atom stereocenters. The second-order valence-electron chi connectivity index (χ2n) is 3.06. The summed E-state index contributed by atoms with van der Waals surface area (Å²) < 4.78 is 18.3. The lowest BCUT2D eigenvalue weighted by molar-refractivity contribution is -0.142. The van der Waals surface area contributed by atoms with Gasteiger partial charge < -0.3 is 4.74 Å². The van der Waals surface area contributed by atoms with E-state index in [9.17, 15) is 14.0 Å². The molecule has 86 valence electrons. The predicted octanol–water partition coefficient (Wildman–Crippen LogP) is 2.51. The first-order valence-corrected chi connectivity index (χ1v) is 5.46. The van der Waals surface area contributed by atoms with E-state index >= 15 is 0 Å². The molecule has 0 spiro atoms. The van der Waals surface area contributed by atoms with Crippen molar-refractivity contribution in [2.75, 3.05) is 6.61 Å². The molecule has 0 saturated carbocycles. The van der Waals surface area contributed by atoms with E-state index in [1.807, 2.05) is 0 Å². The molecular formula is C11H10BrFO3. The molecule has 0 heterocycles. The van der Waals surface area contributed by atoms with Crippen LogP contribution in [-0.2, 0) is 16.0 Å². The van der Waals surface area contributed by atoms with Gasteiger partial charge in [0.15, 0.2) is 6.29 Å². The highest BCUT2D eigenvalue weighted by Gasteiger charge is 2.11. The van der Waals surface area contributed by atoms with Gasteiger partial charge in [-0.05, 0) is 24.6 Å². The number of hydrogen-bond donors (Lipinski definition) is 0. The topological polar surface area (TPSA) is 43.4 Å². The zero-order chi connectivity index (χ0) is 12.1. The van der Waals surface area contributed by atoms with Gasteiger partial charge in [-0.25, -0.2) is 4.39 Å². The lowest BCUT2D eigenvalue weighted by Gasteiger charge is -2.06. The van der Waals surface area contributed by atoms with Gasteiger partial charge in [0.1, 0.15) is 5.82 Å². The summed E-state index contributed by atoms with van der Waals surface area (Å²) in [6, 6.07) is 2.50. The third-order valence-electron chi connectivity index (χ3n) is 1.93.